The molecule has 1 N–H and O–H groups in total. The van der Waals surface area contributed by atoms with Crippen molar-refractivity contribution in [2.24, 2.45) is 13.0 Å². The highest BCUT2D eigenvalue weighted by Crippen LogP contribution is 2.21. The number of rotatable bonds is 7. The van der Waals surface area contributed by atoms with Gasteiger partial charge in [-0.3, -0.25) is 19.1 Å². The molecule has 3 heterocycles. The molecule has 1 fully saturated rings. The second-order valence-corrected chi connectivity index (χ2v) is 9.55. The van der Waals surface area contributed by atoms with Crippen LogP contribution in [-0.2, 0) is 39.8 Å². The van der Waals surface area contributed by atoms with E-state index < -0.39 is 27.2 Å². The number of imidazole rings is 1. The third-order valence-corrected chi connectivity index (χ3v) is 6.74. The molecular formula is C18H27N5O6S. The molecule has 1 aliphatic heterocycles. The van der Waals surface area contributed by atoms with Crippen molar-refractivity contribution in [3.8, 4) is 0 Å². The summed E-state index contributed by atoms with van der Waals surface area (Å²) >= 11 is 0. The number of hydrogen-bond acceptors (Lipinski definition) is 7. The molecule has 166 valence electrons. The number of aromatic amines is 1. The minimum atomic E-state index is -3.26. The molecule has 0 amide bonds. The number of nitrogens with one attached hydrogen (secondary N) is 1. The number of carbonyl (C=O) groups is 1. The van der Waals surface area contributed by atoms with Gasteiger partial charge in [0.2, 0.25) is 10.0 Å². The van der Waals surface area contributed by atoms with Gasteiger partial charge < -0.3 is 9.30 Å². The Bertz CT molecular complexity index is 1150. The van der Waals surface area contributed by atoms with Crippen molar-refractivity contribution in [3.63, 3.8) is 0 Å². The highest BCUT2D eigenvalue weighted by molar-refractivity contribution is 7.88. The molecule has 0 atom stereocenters. The van der Waals surface area contributed by atoms with Crippen molar-refractivity contribution >= 4 is 27.2 Å². The van der Waals surface area contributed by atoms with Crippen molar-refractivity contribution in [2.45, 2.75) is 45.8 Å². The normalized spacial score (nSPS) is 16.2. The summed E-state index contributed by atoms with van der Waals surface area (Å²) in [6.07, 6.45) is 3.57. The Morgan fingerprint density at radius 1 is 1.27 bits per heavy atom. The first-order valence-corrected chi connectivity index (χ1v) is 11.8. The highest BCUT2D eigenvalue weighted by atomic mass is 32.2. The molecule has 0 spiro atoms. The van der Waals surface area contributed by atoms with E-state index in [4.69, 9.17) is 4.74 Å². The van der Waals surface area contributed by atoms with Crippen LogP contribution < -0.4 is 11.2 Å². The van der Waals surface area contributed by atoms with Crippen molar-refractivity contribution in [2.75, 3.05) is 19.3 Å². The van der Waals surface area contributed by atoms with Crippen molar-refractivity contribution < 1.29 is 17.9 Å². The van der Waals surface area contributed by atoms with Crippen LogP contribution in [0.3, 0.4) is 0 Å². The van der Waals surface area contributed by atoms with Gasteiger partial charge in [0.1, 0.15) is 12.4 Å². The molecular weight excluding hydrogens is 414 g/mol. The Labute approximate surface area is 173 Å². The molecule has 0 aliphatic carbocycles. The molecule has 30 heavy (non-hydrogen) atoms. The molecule has 1 saturated heterocycles. The van der Waals surface area contributed by atoms with Crippen molar-refractivity contribution in [1.29, 1.82) is 0 Å². The van der Waals surface area contributed by atoms with Crippen molar-refractivity contribution in [3.05, 3.63) is 26.7 Å². The predicted octanol–water partition coefficient (Wildman–Crippen LogP) is -0.0618. The summed E-state index contributed by atoms with van der Waals surface area (Å²) in [6, 6.07) is 0. The Morgan fingerprint density at radius 2 is 1.93 bits per heavy atom. The summed E-state index contributed by atoms with van der Waals surface area (Å²) < 4.78 is 32.9. The van der Waals surface area contributed by atoms with Crippen LogP contribution in [-0.4, -0.2) is 57.1 Å². The van der Waals surface area contributed by atoms with Gasteiger partial charge in [-0.05, 0) is 19.3 Å². The van der Waals surface area contributed by atoms with Gasteiger partial charge in [0.15, 0.2) is 11.2 Å². The van der Waals surface area contributed by atoms with Gasteiger partial charge in [-0.1, -0.05) is 13.3 Å². The van der Waals surface area contributed by atoms with E-state index in [1.165, 1.54) is 13.4 Å². The minimum absolute atomic E-state index is 0.141. The maximum Gasteiger partial charge on any atom is 0.330 e. The number of aromatic nitrogens is 4. The van der Waals surface area contributed by atoms with Crippen LogP contribution >= 0.6 is 0 Å². The third-order valence-electron chi connectivity index (χ3n) is 5.44. The molecule has 12 heteroatoms. The predicted molar refractivity (Wildman–Crippen MR) is 109 cm³/mol. The first-order valence-electron chi connectivity index (χ1n) is 9.93. The van der Waals surface area contributed by atoms with E-state index in [1.54, 1.807) is 7.05 Å². The number of nitrogens with zero attached hydrogens (tertiary/aromatic N) is 4. The smallest absolute Gasteiger partial charge is 0.330 e. The summed E-state index contributed by atoms with van der Waals surface area (Å²) in [4.78, 5) is 43.6. The van der Waals surface area contributed by atoms with Crippen LogP contribution in [0.15, 0.2) is 9.59 Å². The Kier molecular flexibility index (Phi) is 6.46. The van der Waals surface area contributed by atoms with Gasteiger partial charge in [-0.2, -0.15) is 0 Å². The molecule has 3 rings (SSSR count). The first-order chi connectivity index (χ1) is 14.1. The SMILES string of the molecule is CCCCn1c(=O)[nH]c(=O)c2c1nc(COC(=O)C1CCN(S(C)(=O)=O)CC1)n2C. The molecule has 2 aromatic rings. The summed E-state index contributed by atoms with van der Waals surface area (Å²) in [5.74, 6) is -0.454. The lowest BCUT2D eigenvalue weighted by molar-refractivity contribution is -0.151. The zero-order chi connectivity index (χ0) is 22.1. The maximum absolute atomic E-state index is 12.4. The quantitative estimate of drug-likeness (QED) is 0.594. The third kappa shape index (κ3) is 4.48. The molecule has 0 bridgehead atoms. The molecule has 0 unspecified atom stereocenters. The maximum atomic E-state index is 12.4. The monoisotopic (exact) mass is 441 g/mol. The van der Waals surface area contributed by atoms with E-state index in [9.17, 15) is 22.8 Å². The van der Waals surface area contributed by atoms with Crippen LogP contribution in [0.5, 0.6) is 0 Å². The number of sulfonamides is 1. The zero-order valence-electron chi connectivity index (χ0n) is 17.4. The standard InChI is InChI=1S/C18H27N5O6S/c1-4-5-8-23-15-14(16(24)20-18(23)26)21(2)13(19-15)11-29-17(25)12-6-9-22(10-7-12)30(3,27)28/h12H,4-11H2,1-3H3,(H,20,24,26). The van der Waals surface area contributed by atoms with Gasteiger partial charge >= 0.3 is 11.7 Å². The van der Waals surface area contributed by atoms with E-state index in [2.05, 4.69) is 9.97 Å². The van der Waals surface area contributed by atoms with E-state index >= 15 is 0 Å². The van der Waals surface area contributed by atoms with E-state index in [0.717, 1.165) is 19.1 Å². The molecule has 1 aliphatic rings. The molecule has 0 saturated carbocycles. The van der Waals surface area contributed by atoms with Gasteiger partial charge in [-0.25, -0.2) is 22.5 Å². The second-order valence-electron chi connectivity index (χ2n) is 7.57. The largest absolute Gasteiger partial charge is 0.457 e. The highest BCUT2D eigenvalue weighted by Gasteiger charge is 2.30. The summed E-state index contributed by atoms with van der Waals surface area (Å²) in [5.41, 5.74) is -0.533. The number of esters is 1. The Hall–Kier alpha value is -2.47. The van der Waals surface area contributed by atoms with E-state index in [0.29, 0.717) is 25.2 Å². The van der Waals surface area contributed by atoms with Crippen molar-refractivity contribution in [1.82, 2.24) is 23.4 Å². The van der Waals surface area contributed by atoms with Gasteiger partial charge in [0, 0.05) is 26.7 Å². The Morgan fingerprint density at radius 3 is 2.53 bits per heavy atom. The lowest BCUT2D eigenvalue weighted by Crippen LogP contribution is -2.40. The van der Waals surface area contributed by atoms with Crippen LogP contribution in [0, 0.1) is 5.92 Å². The van der Waals surface area contributed by atoms with Gasteiger partial charge in [0.05, 0.1) is 12.2 Å². The molecule has 2 aromatic heterocycles. The number of H-pyrrole nitrogens is 1. The summed E-state index contributed by atoms with van der Waals surface area (Å²) in [5, 5.41) is 0. The fourth-order valence-electron chi connectivity index (χ4n) is 3.62. The average molecular weight is 442 g/mol. The fraction of sp³-hybridized carbons (Fsp3) is 0.667. The fourth-order valence-corrected chi connectivity index (χ4v) is 4.49. The number of piperidine rings is 1. The number of fused-ring (bicyclic) bond motifs is 1. The average Bonchev–Trinajstić information content (AvgIpc) is 3.02. The minimum Gasteiger partial charge on any atom is -0.457 e. The van der Waals surface area contributed by atoms with Gasteiger partial charge in [-0.15, -0.1) is 0 Å². The second kappa shape index (κ2) is 8.72. The summed E-state index contributed by atoms with van der Waals surface area (Å²) in [6.45, 7) is 2.85. The molecule has 0 aromatic carbocycles. The molecule has 0 radical (unpaired) electrons. The van der Waals surface area contributed by atoms with E-state index in [1.807, 2.05) is 6.92 Å². The Balaban J connectivity index is 1.74. The van der Waals surface area contributed by atoms with Gasteiger partial charge in [0.25, 0.3) is 5.56 Å². The zero-order valence-corrected chi connectivity index (χ0v) is 18.2. The number of aryl methyl sites for hydroxylation is 2. The lowest BCUT2D eigenvalue weighted by Gasteiger charge is -2.28. The molecule has 11 nitrogen and oxygen atoms in total. The number of hydrogen-bond donors (Lipinski definition) is 1. The van der Waals surface area contributed by atoms with Crippen LogP contribution in [0.1, 0.15) is 38.4 Å². The lowest BCUT2D eigenvalue weighted by atomic mass is 9.98. The summed E-state index contributed by atoms with van der Waals surface area (Å²) in [7, 11) is -1.63. The first kappa shape index (κ1) is 22.2. The van der Waals surface area contributed by atoms with Crippen LogP contribution in [0.4, 0.5) is 0 Å². The topological polar surface area (TPSA) is 136 Å². The number of unbranched alkanes of at least 4 members (excludes halogenated alkanes) is 1. The van der Waals surface area contributed by atoms with E-state index in [-0.39, 0.29) is 36.8 Å². The number of ether oxygens (including phenoxy) is 1. The van der Waals surface area contributed by atoms with Crippen LogP contribution in [0.25, 0.3) is 11.2 Å². The number of carbonyl (C=O) groups excluding carboxylic acids is 1. The van der Waals surface area contributed by atoms with Crippen LogP contribution in [0.2, 0.25) is 0 Å².